The van der Waals surface area contributed by atoms with Crippen LogP contribution in [0, 0.1) is 5.92 Å². The molecule has 2 aromatic carbocycles. The van der Waals surface area contributed by atoms with Gasteiger partial charge in [0.1, 0.15) is 11.6 Å². The summed E-state index contributed by atoms with van der Waals surface area (Å²) in [6, 6.07) is 13.4. The maximum atomic E-state index is 12.8. The van der Waals surface area contributed by atoms with Crippen LogP contribution in [0.3, 0.4) is 0 Å². The average Bonchev–Trinajstić information content (AvgIpc) is 2.60. The highest BCUT2D eigenvalue weighted by Crippen LogP contribution is 2.42. The van der Waals surface area contributed by atoms with Crippen molar-refractivity contribution in [1.29, 1.82) is 0 Å². The third kappa shape index (κ3) is 3.44. The molecule has 0 bridgehead atoms. The number of aromatic carboxylic acids is 1. The van der Waals surface area contributed by atoms with Gasteiger partial charge in [0.25, 0.3) is 0 Å². The molecule has 134 valence electrons. The van der Waals surface area contributed by atoms with Gasteiger partial charge >= 0.3 is 5.97 Å². The lowest BCUT2D eigenvalue weighted by Crippen LogP contribution is -2.35. The van der Waals surface area contributed by atoms with Crippen LogP contribution >= 0.6 is 0 Å². The van der Waals surface area contributed by atoms with E-state index in [2.05, 4.69) is 0 Å². The van der Waals surface area contributed by atoms with Gasteiger partial charge in [-0.1, -0.05) is 36.4 Å². The zero-order valence-corrected chi connectivity index (χ0v) is 14.4. The van der Waals surface area contributed by atoms with E-state index in [0.717, 1.165) is 5.56 Å². The Hall–Kier alpha value is -2.79. The van der Waals surface area contributed by atoms with Gasteiger partial charge in [0.15, 0.2) is 0 Å². The standard InChI is InChI=1S/C21H20O5/c1-12(22)10-17(13-6-8-14(9-7-13)21(25)26)19-18(23)11-15-4-2-3-5-16(15)20(19)24/h2-9,17,19-20,24H,10-11H2,1H3,(H,25,26). The lowest BCUT2D eigenvalue weighted by Gasteiger charge is -2.34. The van der Waals surface area contributed by atoms with Crippen LogP contribution in [0.5, 0.6) is 0 Å². The maximum Gasteiger partial charge on any atom is 0.335 e. The van der Waals surface area contributed by atoms with E-state index in [0.29, 0.717) is 11.1 Å². The number of ketones is 2. The molecule has 0 spiro atoms. The average molecular weight is 352 g/mol. The van der Waals surface area contributed by atoms with Crippen molar-refractivity contribution in [3.63, 3.8) is 0 Å². The summed E-state index contributed by atoms with van der Waals surface area (Å²) in [4.78, 5) is 35.6. The number of aliphatic hydroxyl groups excluding tert-OH is 1. The minimum Gasteiger partial charge on any atom is -0.478 e. The number of rotatable bonds is 5. The fourth-order valence-corrected chi connectivity index (χ4v) is 3.74. The minimum atomic E-state index is -1.04. The van der Waals surface area contributed by atoms with E-state index in [9.17, 15) is 19.5 Å². The van der Waals surface area contributed by atoms with Crippen LogP contribution in [0.4, 0.5) is 0 Å². The second-order valence-corrected chi connectivity index (χ2v) is 6.75. The van der Waals surface area contributed by atoms with E-state index < -0.39 is 23.9 Å². The monoisotopic (exact) mass is 352 g/mol. The van der Waals surface area contributed by atoms with Gasteiger partial charge in [-0.15, -0.1) is 0 Å². The molecule has 5 heteroatoms. The Morgan fingerprint density at radius 2 is 1.77 bits per heavy atom. The summed E-state index contributed by atoms with van der Waals surface area (Å²) in [7, 11) is 0. The first-order chi connectivity index (χ1) is 12.4. The molecule has 2 N–H and O–H groups in total. The summed E-state index contributed by atoms with van der Waals surface area (Å²) >= 11 is 0. The largest absolute Gasteiger partial charge is 0.478 e. The molecule has 0 amide bonds. The van der Waals surface area contributed by atoms with Gasteiger partial charge in [0.05, 0.1) is 17.6 Å². The molecule has 3 unspecified atom stereocenters. The molecule has 0 aromatic heterocycles. The highest BCUT2D eigenvalue weighted by molar-refractivity contribution is 5.89. The Morgan fingerprint density at radius 1 is 1.12 bits per heavy atom. The third-order valence-corrected chi connectivity index (χ3v) is 4.98. The van der Waals surface area contributed by atoms with E-state index >= 15 is 0 Å². The zero-order chi connectivity index (χ0) is 18.8. The number of Topliss-reactive ketones (excluding diaryl/α,β-unsaturated/α-hetero) is 2. The number of fused-ring (bicyclic) bond motifs is 1. The Kier molecular flexibility index (Phi) is 5.00. The molecule has 0 fully saturated rings. The van der Waals surface area contributed by atoms with E-state index in [1.807, 2.05) is 18.2 Å². The summed E-state index contributed by atoms with van der Waals surface area (Å²) in [5.41, 5.74) is 2.34. The molecule has 2 aromatic rings. The predicted molar refractivity (Wildman–Crippen MR) is 95.0 cm³/mol. The van der Waals surface area contributed by atoms with Crippen molar-refractivity contribution in [2.24, 2.45) is 5.92 Å². The van der Waals surface area contributed by atoms with Gasteiger partial charge in [0.2, 0.25) is 0 Å². The lowest BCUT2D eigenvalue weighted by atomic mass is 9.70. The summed E-state index contributed by atoms with van der Waals surface area (Å²) in [5.74, 6) is -2.46. The van der Waals surface area contributed by atoms with Crippen molar-refractivity contribution in [3.8, 4) is 0 Å². The second-order valence-electron chi connectivity index (χ2n) is 6.75. The van der Waals surface area contributed by atoms with Crippen molar-refractivity contribution in [2.45, 2.75) is 31.8 Å². The molecule has 5 nitrogen and oxygen atoms in total. The van der Waals surface area contributed by atoms with Gasteiger partial charge in [-0.25, -0.2) is 4.79 Å². The van der Waals surface area contributed by atoms with Gasteiger partial charge in [-0.3, -0.25) is 4.79 Å². The quantitative estimate of drug-likeness (QED) is 0.863. The maximum absolute atomic E-state index is 12.8. The van der Waals surface area contributed by atoms with Gasteiger partial charge in [-0.2, -0.15) is 0 Å². The molecular weight excluding hydrogens is 332 g/mol. The SMILES string of the molecule is CC(=O)CC(c1ccc(C(=O)O)cc1)C1C(=O)Cc2ccccc2C1O. The Bertz CT molecular complexity index is 853. The summed E-state index contributed by atoms with van der Waals surface area (Å²) < 4.78 is 0. The van der Waals surface area contributed by atoms with Crippen LogP contribution in [0.25, 0.3) is 0 Å². The van der Waals surface area contributed by atoms with E-state index in [-0.39, 0.29) is 30.0 Å². The fraction of sp³-hybridized carbons (Fsp3) is 0.286. The number of hydrogen-bond acceptors (Lipinski definition) is 4. The molecular formula is C21H20O5. The van der Waals surface area contributed by atoms with E-state index in [4.69, 9.17) is 5.11 Å². The molecule has 0 heterocycles. The van der Waals surface area contributed by atoms with E-state index in [1.165, 1.54) is 19.1 Å². The minimum absolute atomic E-state index is 0.0869. The summed E-state index contributed by atoms with van der Waals surface area (Å²) in [6.07, 6.45) is -0.655. The summed E-state index contributed by atoms with van der Waals surface area (Å²) in [6.45, 7) is 1.45. The first-order valence-electron chi connectivity index (χ1n) is 8.49. The zero-order valence-electron chi connectivity index (χ0n) is 14.4. The second kappa shape index (κ2) is 7.22. The Morgan fingerprint density at radius 3 is 2.38 bits per heavy atom. The number of carboxylic acid groups (broad SMARTS) is 1. The predicted octanol–water partition coefficient (Wildman–Crippen LogP) is 2.92. The fourth-order valence-electron chi connectivity index (χ4n) is 3.74. The molecule has 0 saturated heterocycles. The molecule has 3 rings (SSSR count). The normalized spacial score (nSPS) is 20.3. The number of carbonyl (C=O) groups excluding carboxylic acids is 2. The van der Waals surface area contributed by atoms with Crippen molar-refractivity contribution in [2.75, 3.05) is 0 Å². The van der Waals surface area contributed by atoms with Crippen molar-refractivity contribution < 1.29 is 24.6 Å². The number of carbonyl (C=O) groups is 3. The molecule has 3 atom stereocenters. The highest BCUT2D eigenvalue weighted by atomic mass is 16.4. The van der Waals surface area contributed by atoms with Crippen molar-refractivity contribution in [3.05, 3.63) is 70.8 Å². The molecule has 0 saturated carbocycles. The topological polar surface area (TPSA) is 91.7 Å². The Labute approximate surface area is 151 Å². The van der Waals surface area contributed by atoms with Gasteiger partial charge in [0, 0.05) is 18.8 Å². The van der Waals surface area contributed by atoms with Crippen LogP contribution in [0.2, 0.25) is 0 Å². The van der Waals surface area contributed by atoms with Crippen molar-refractivity contribution in [1.82, 2.24) is 0 Å². The lowest BCUT2D eigenvalue weighted by molar-refractivity contribution is -0.128. The third-order valence-electron chi connectivity index (χ3n) is 4.98. The molecule has 26 heavy (non-hydrogen) atoms. The number of carboxylic acids is 1. The van der Waals surface area contributed by atoms with Crippen LogP contribution in [0.15, 0.2) is 48.5 Å². The molecule has 0 aliphatic heterocycles. The van der Waals surface area contributed by atoms with E-state index in [1.54, 1.807) is 18.2 Å². The number of hydrogen-bond donors (Lipinski definition) is 2. The van der Waals surface area contributed by atoms with Crippen LogP contribution in [-0.2, 0) is 16.0 Å². The number of benzene rings is 2. The first-order valence-corrected chi connectivity index (χ1v) is 8.49. The van der Waals surface area contributed by atoms with Gasteiger partial charge in [-0.05, 0) is 35.7 Å². The molecule has 1 aliphatic rings. The molecule has 0 radical (unpaired) electrons. The highest BCUT2D eigenvalue weighted by Gasteiger charge is 2.40. The smallest absolute Gasteiger partial charge is 0.335 e. The Balaban J connectivity index is 2.01. The van der Waals surface area contributed by atoms with Crippen LogP contribution < -0.4 is 0 Å². The van der Waals surface area contributed by atoms with Gasteiger partial charge < -0.3 is 15.0 Å². The summed E-state index contributed by atoms with van der Waals surface area (Å²) in [5, 5.41) is 19.9. The molecule has 1 aliphatic carbocycles. The van der Waals surface area contributed by atoms with Crippen molar-refractivity contribution >= 4 is 17.5 Å². The first kappa shape index (κ1) is 18.0. The van der Waals surface area contributed by atoms with Crippen LogP contribution in [0.1, 0.15) is 52.4 Å². The number of aliphatic hydroxyl groups is 1. The van der Waals surface area contributed by atoms with Crippen LogP contribution in [-0.4, -0.2) is 27.7 Å².